The minimum atomic E-state index is -0.547. The van der Waals surface area contributed by atoms with Gasteiger partial charge in [-0.3, -0.25) is 9.59 Å². The molecule has 0 unspecified atom stereocenters. The molecule has 30 heavy (non-hydrogen) atoms. The van der Waals surface area contributed by atoms with Crippen molar-refractivity contribution in [3.63, 3.8) is 0 Å². The first-order chi connectivity index (χ1) is 14.5. The summed E-state index contributed by atoms with van der Waals surface area (Å²) in [6.45, 7) is 7.05. The van der Waals surface area contributed by atoms with Gasteiger partial charge in [0, 0.05) is 49.7 Å². The molecule has 1 aliphatic carbocycles. The average Bonchev–Trinajstić information content (AvgIpc) is 3.17. The third-order valence-corrected chi connectivity index (χ3v) is 7.80. The highest BCUT2D eigenvalue weighted by molar-refractivity contribution is 7.08. The molecule has 0 radical (unpaired) electrons. The Bertz CT molecular complexity index is 933. The van der Waals surface area contributed by atoms with Crippen molar-refractivity contribution in [1.82, 2.24) is 19.4 Å². The van der Waals surface area contributed by atoms with Crippen LogP contribution < -0.4 is 0 Å². The van der Waals surface area contributed by atoms with Crippen LogP contribution in [0.5, 0.6) is 0 Å². The van der Waals surface area contributed by atoms with Crippen molar-refractivity contribution < 1.29 is 9.59 Å². The fraction of sp³-hybridized carbons (Fsp3) is 0.609. The molecule has 0 N–H and O–H groups in total. The molecule has 4 heterocycles. The number of aromatic nitrogens is 2. The molecule has 3 aliphatic rings. The number of hydrogen-bond acceptors (Lipinski definition) is 4. The Labute approximate surface area is 181 Å². The van der Waals surface area contributed by atoms with E-state index < -0.39 is 5.41 Å². The van der Waals surface area contributed by atoms with Gasteiger partial charge >= 0.3 is 0 Å². The van der Waals surface area contributed by atoms with E-state index in [1.165, 1.54) is 24.2 Å². The lowest BCUT2D eigenvalue weighted by Gasteiger charge is -2.42. The van der Waals surface area contributed by atoms with E-state index in [-0.39, 0.29) is 17.7 Å². The van der Waals surface area contributed by atoms with Crippen molar-refractivity contribution in [1.29, 1.82) is 0 Å². The molecule has 5 rings (SSSR count). The Hall–Kier alpha value is -2.15. The number of nitrogens with zero attached hydrogens (tertiary/aromatic N) is 4. The van der Waals surface area contributed by atoms with Crippen LogP contribution in [0.2, 0.25) is 0 Å². The second-order valence-electron chi connectivity index (χ2n) is 9.54. The summed E-state index contributed by atoms with van der Waals surface area (Å²) >= 11 is 1.53. The van der Waals surface area contributed by atoms with Crippen LogP contribution in [0.25, 0.3) is 0 Å². The van der Waals surface area contributed by atoms with E-state index in [0.717, 1.165) is 37.2 Å². The molecule has 0 bridgehead atoms. The Kier molecular flexibility index (Phi) is 4.96. The number of amides is 2. The van der Waals surface area contributed by atoms with Crippen LogP contribution in [0.4, 0.5) is 0 Å². The number of carbonyl (C=O) groups excluding carboxylic acids is 2. The van der Waals surface area contributed by atoms with Crippen molar-refractivity contribution in [2.75, 3.05) is 26.2 Å². The van der Waals surface area contributed by atoms with Crippen LogP contribution in [0.3, 0.4) is 0 Å². The van der Waals surface area contributed by atoms with Crippen molar-refractivity contribution in [2.24, 2.45) is 11.3 Å². The van der Waals surface area contributed by atoms with Gasteiger partial charge in [-0.15, -0.1) is 0 Å². The highest BCUT2D eigenvalue weighted by Gasteiger charge is 2.57. The lowest BCUT2D eigenvalue weighted by Crippen LogP contribution is -2.52. The third kappa shape index (κ3) is 3.37. The molecule has 2 saturated heterocycles. The number of rotatable bonds is 5. The molecule has 1 spiro atoms. The second-order valence-corrected chi connectivity index (χ2v) is 10.3. The minimum absolute atomic E-state index is 0.0357. The van der Waals surface area contributed by atoms with Crippen LogP contribution in [0.1, 0.15) is 67.5 Å². The average molecular weight is 427 g/mol. The number of carbonyl (C=O) groups is 2. The maximum Gasteiger partial charge on any atom is 0.254 e. The van der Waals surface area contributed by atoms with E-state index >= 15 is 0 Å². The van der Waals surface area contributed by atoms with Crippen molar-refractivity contribution in [3.05, 3.63) is 40.6 Å². The fourth-order valence-corrected chi connectivity index (χ4v) is 5.82. The topological polar surface area (TPSA) is 58.4 Å². The van der Waals surface area contributed by atoms with Gasteiger partial charge in [0.05, 0.1) is 23.0 Å². The first kappa shape index (κ1) is 19.8. The molecule has 3 fully saturated rings. The van der Waals surface area contributed by atoms with Crippen molar-refractivity contribution in [3.8, 4) is 0 Å². The molecule has 0 aromatic carbocycles. The molecule has 2 aromatic heterocycles. The first-order valence-corrected chi connectivity index (χ1v) is 12.1. The maximum absolute atomic E-state index is 13.8. The summed E-state index contributed by atoms with van der Waals surface area (Å²) in [5.41, 5.74) is 1.13. The number of piperidine rings is 1. The summed E-state index contributed by atoms with van der Waals surface area (Å²) < 4.78 is 2.10. The molecule has 2 atom stereocenters. The molecular weight excluding hydrogens is 396 g/mol. The van der Waals surface area contributed by atoms with E-state index in [1.807, 2.05) is 28.1 Å². The van der Waals surface area contributed by atoms with E-state index in [0.29, 0.717) is 25.0 Å². The van der Waals surface area contributed by atoms with Crippen LogP contribution in [0.15, 0.2) is 29.4 Å². The first-order valence-electron chi connectivity index (χ1n) is 11.1. The van der Waals surface area contributed by atoms with Gasteiger partial charge in [0.2, 0.25) is 5.91 Å². The molecule has 2 aliphatic heterocycles. The van der Waals surface area contributed by atoms with Crippen molar-refractivity contribution >= 4 is 23.2 Å². The smallest absolute Gasteiger partial charge is 0.254 e. The predicted molar refractivity (Wildman–Crippen MR) is 117 cm³/mol. The third-order valence-electron chi connectivity index (χ3n) is 7.11. The molecule has 2 amide bonds. The van der Waals surface area contributed by atoms with Crippen LogP contribution >= 0.6 is 11.3 Å². The Morgan fingerprint density at radius 3 is 2.87 bits per heavy atom. The molecule has 1 saturated carbocycles. The van der Waals surface area contributed by atoms with E-state index in [2.05, 4.69) is 29.5 Å². The normalized spacial score (nSPS) is 26.9. The van der Waals surface area contributed by atoms with Gasteiger partial charge in [-0.05, 0) is 56.9 Å². The summed E-state index contributed by atoms with van der Waals surface area (Å²) in [4.78, 5) is 35.7. The largest absolute Gasteiger partial charge is 0.342 e. The maximum atomic E-state index is 13.8. The zero-order valence-electron chi connectivity index (χ0n) is 17.8. The van der Waals surface area contributed by atoms with Gasteiger partial charge in [0.1, 0.15) is 0 Å². The summed E-state index contributed by atoms with van der Waals surface area (Å²) in [5.74, 6) is 0.904. The van der Waals surface area contributed by atoms with Crippen LogP contribution in [-0.2, 0) is 4.79 Å². The monoisotopic (exact) mass is 426 g/mol. The van der Waals surface area contributed by atoms with E-state index in [4.69, 9.17) is 4.98 Å². The highest BCUT2D eigenvalue weighted by Crippen LogP contribution is 2.50. The van der Waals surface area contributed by atoms with Gasteiger partial charge in [0.25, 0.3) is 5.91 Å². The number of thiophene rings is 1. The predicted octanol–water partition coefficient (Wildman–Crippen LogP) is 3.78. The fourth-order valence-electron chi connectivity index (χ4n) is 5.19. The lowest BCUT2D eigenvalue weighted by molar-refractivity contribution is -0.146. The number of imidazole rings is 1. The summed E-state index contributed by atoms with van der Waals surface area (Å²) in [5, 5.41) is 3.84. The molecule has 6 nitrogen and oxygen atoms in total. The number of likely N-dealkylation sites (tertiary alicyclic amines) is 2. The zero-order valence-corrected chi connectivity index (χ0v) is 18.6. The van der Waals surface area contributed by atoms with Gasteiger partial charge < -0.3 is 14.4 Å². The van der Waals surface area contributed by atoms with Gasteiger partial charge in [-0.2, -0.15) is 11.3 Å². The summed E-state index contributed by atoms with van der Waals surface area (Å²) in [6.07, 6.45) is 8.26. The Morgan fingerprint density at radius 2 is 2.20 bits per heavy atom. The van der Waals surface area contributed by atoms with Gasteiger partial charge in [-0.25, -0.2) is 4.98 Å². The molecular formula is C23H30N4O2S. The van der Waals surface area contributed by atoms with Gasteiger partial charge in [-0.1, -0.05) is 0 Å². The SMILES string of the molecule is CC(C)n1cnc([C@H]2CN(C(=O)c3ccsc3)C[C@]23CCCN(CC2CC2)C3=O)c1. The van der Waals surface area contributed by atoms with Crippen LogP contribution in [0, 0.1) is 11.3 Å². The quantitative estimate of drug-likeness (QED) is 0.731. The molecule has 160 valence electrons. The van der Waals surface area contributed by atoms with E-state index in [9.17, 15) is 9.59 Å². The standard InChI is InChI=1S/C23H30N4O2S/c1-16(2)27-12-20(24-15-27)19-11-26(21(28)18-6-9-30-13-18)14-23(19)7-3-8-25(22(23)29)10-17-4-5-17/h6,9,12-13,15-17,19H,3-5,7-8,10-11,14H2,1-2H3/t19-,23-/m1/s1. The molecule has 2 aromatic rings. The minimum Gasteiger partial charge on any atom is -0.342 e. The lowest BCUT2D eigenvalue weighted by atomic mass is 9.70. The van der Waals surface area contributed by atoms with Crippen molar-refractivity contribution in [2.45, 2.75) is 51.5 Å². The summed E-state index contributed by atoms with van der Waals surface area (Å²) in [6, 6.07) is 2.20. The zero-order chi connectivity index (χ0) is 20.9. The second kappa shape index (κ2) is 7.52. The summed E-state index contributed by atoms with van der Waals surface area (Å²) in [7, 11) is 0. The highest BCUT2D eigenvalue weighted by atomic mass is 32.1. The number of hydrogen-bond donors (Lipinski definition) is 0. The molecule has 7 heteroatoms. The van der Waals surface area contributed by atoms with E-state index in [1.54, 1.807) is 0 Å². The van der Waals surface area contributed by atoms with Crippen LogP contribution in [-0.4, -0.2) is 57.3 Å². The Morgan fingerprint density at radius 1 is 1.37 bits per heavy atom. The van der Waals surface area contributed by atoms with Gasteiger partial charge in [0.15, 0.2) is 0 Å². The Balaban J connectivity index is 1.49.